The first-order valence-corrected chi connectivity index (χ1v) is 7.41. The molecule has 120 valence electrons. The summed E-state index contributed by atoms with van der Waals surface area (Å²) < 4.78 is 0. The van der Waals surface area contributed by atoms with Gasteiger partial charge in [-0.25, -0.2) is 0 Å². The number of hydrogen-bond acceptors (Lipinski definition) is 2. The molecule has 0 aromatic carbocycles. The molecule has 0 radical (unpaired) electrons. The molecule has 0 aromatic rings. The number of nitrogens with zero attached hydrogens (tertiary/aromatic N) is 2. The highest BCUT2D eigenvalue weighted by Crippen LogP contribution is 2.05. The van der Waals surface area contributed by atoms with E-state index in [9.17, 15) is 0 Å². The summed E-state index contributed by atoms with van der Waals surface area (Å²) in [6.07, 6.45) is 2.92. The summed E-state index contributed by atoms with van der Waals surface area (Å²) in [6, 6.07) is 1.19. The van der Waals surface area contributed by atoms with Gasteiger partial charge in [-0.2, -0.15) is 0 Å². The number of guanidine groups is 1. The zero-order valence-corrected chi connectivity index (χ0v) is 16.1. The summed E-state index contributed by atoms with van der Waals surface area (Å²) in [5.41, 5.74) is 0. The second-order valence-corrected chi connectivity index (χ2v) is 5.21. The third-order valence-electron chi connectivity index (χ3n) is 2.93. The number of hydrogen-bond donors (Lipinski definition) is 2. The molecule has 0 bridgehead atoms. The molecule has 0 saturated heterocycles. The molecule has 5 heteroatoms. The summed E-state index contributed by atoms with van der Waals surface area (Å²) in [6.45, 7) is 18.3. The summed E-state index contributed by atoms with van der Waals surface area (Å²) in [5.74, 6) is 0.878. The molecule has 0 aliphatic carbocycles. The third kappa shape index (κ3) is 10.5. The van der Waals surface area contributed by atoms with Gasteiger partial charge in [-0.15, -0.1) is 30.6 Å². The number of aliphatic imine (C=N–C) groups is 1. The van der Waals surface area contributed by atoms with Crippen molar-refractivity contribution >= 4 is 29.9 Å². The summed E-state index contributed by atoms with van der Waals surface area (Å²) >= 11 is 0. The Hall–Kier alpha value is -0.300. The molecule has 0 heterocycles. The van der Waals surface area contributed by atoms with Crippen molar-refractivity contribution in [3.8, 4) is 0 Å². The molecular weight excluding hydrogens is 363 g/mol. The Labute approximate surface area is 142 Å². The topological polar surface area (TPSA) is 39.7 Å². The van der Waals surface area contributed by atoms with E-state index in [2.05, 4.69) is 61.7 Å². The second-order valence-electron chi connectivity index (χ2n) is 5.21. The zero-order valence-electron chi connectivity index (χ0n) is 13.8. The van der Waals surface area contributed by atoms with Gasteiger partial charge in [0.25, 0.3) is 0 Å². The van der Waals surface area contributed by atoms with Crippen LogP contribution in [0.5, 0.6) is 0 Å². The first-order chi connectivity index (χ1) is 9.02. The van der Waals surface area contributed by atoms with Crippen molar-refractivity contribution in [3.05, 3.63) is 12.7 Å². The lowest BCUT2D eigenvalue weighted by Gasteiger charge is -2.30. The van der Waals surface area contributed by atoms with Crippen molar-refractivity contribution in [2.75, 3.05) is 26.2 Å². The highest BCUT2D eigenvalue weighted by Gasteiger charge is 2.11. The van der Waals surface area contributed by atoms with Crippen LogP contribution in [0.1, 0.15) is 41.0 Å². The van der Waals surface area contributed by atoms with Gasteiger partial charge in [0, 0.05) is 38.3 Å². The predicted molar refractivity (Wildman–Crippen MR) is 101 cm³/mol. The van der Waals surface area contributed by atoms with Crippen molar-refractivity contribution in [3.63, 3.8) is 0 Å². The Morgan fingerprint density at radius 1 is 1.20 bits per heavy atom. The van der Waals surface area contributed by atoms with Crippen LogP contribution >= 0.6 is 24.0 Å². The van der Waals surface area contributed by atoms with Gasteiger partial charge in [-0.05, 0) is 41.0 Å². The highest BCUT2D eigenvalue weighted by molar-refractivity contribution is 14.0. The van der Waals surface area contributed by atoms with Crippen molar-refractivity contribution < 1.29 is 0 Å². The number of halogens is 1. The van der Waals surface area contributed by atoms with Crippen LogP contribution in [0.2, 0.25) is 0 Å². The van der Waals surface area contributed by atoms with Crippen LogP contribution < -0.4 is 10.6 Å². The molecular formula is C15H33IN4. The predicted octanol–water partition coefficient (Wildman–Crippen LogP) is 2.85. The van der Waals surface area contributed by atoms with Gasteiger partial charge < -0.3 is 10.6 Å². The molecule has 0 fully saturated rings. The maximum Gasteiger partial charge on any atom is 0.191 e. The van der Waals surface area contributed by atoms with Crippen LogP contribution in [0.4, 0.5) is 0 Å². The van der Waals surface area contributed by atoms with Crippen LogP contribution in [0.25, 0.3) is 0 Å². The van der Waals surface area contributed by atoms with Crippen molar-refractivity contribution in [2.24, 2.45) is 4.99 Å². The number of nitrogens with one attached hydrogen (secondary N) is 2. The minimum atomic E-state index is 0. The fraction of sp³-hybridized carbons (Fsp3) is 0.800. The van der Waals surface area contributed by atoms with E-state index < -0.39 is 0 Å². The Morgan fingerprint density at radius 3 is 2.25 bits per heavy atom. The molecule has 0 aromatic heterocycles. The molecule has 20 heavy (non-hydrogen) atoms. The SMILES string of the molecule is C=CCNC(=NCCCN(C(C)C)C(C)C)NCC.I. The highest BCUT2D eigenvalue weighted by atomic mass is 127. The minimum Gasteiger partial charge on any atom is -0.357 e. The van der Waals surface area contributed by atoms with E-state index >= 15 is 0 Å². The van der Waals surface area contributed by atoms with E-state index in [0.717, 1.165) is 38.6 Å². The van der Waals surface area contributed by atoms with Crippen LogP contribution in [-0.2, 0) is 0 Å². The van der Waals surface area contributed by atoms with E-state index in [1.54, 1.807) is 0 Å². The Balaban J connectivity index is 0. The normalized spacial score (nSPS) is 11.7. The quantitative estimate of drug-likeness (QED) is 0.207. The van der Waals surface area contributed by atoms with Gasteiger partial charge in [0.15, 0.2) is 5.96 Å². The molecule has 0 aliphatic heterocycles. The standard InChI is InChI=1S/C15H32N4.HI/c1-7-10-17-15(16-8-2)18-11-9-12-19(13(3)4)14(5)6;/h7,13-14H,1,8-12H2,2-6H3,(H2,16,17,18);1H. The fourth-order valence-corrected chi connectivity index (χ4v) is 2.07. The van der Waals surface area contributed by atoms with Crippen molar-refractivity contribution in [2.45, 2.75) is 53.1 Å². The maximum atomic E-state index is 4.56. The monoisotopic (exact) mass is 396 g/mol. The fourth-order valence-electron chi connectivity index (χ4n) is 2.07. The summed E-state index contributed by atoms with van der Waals surface area (Å²) in [4.78, 5) is 7.06. The molecule has 0 unspecified atom stereocenters. The van der Waals surface area contributed by atoms with Crippen LogP contribution in [0.3, 0.4) is 0 Å². The van der Waals surface area contributed by atoms with Crippen molar-refractivity contribution in [1.82, 2.24) is 15.5 Å². The van der Waals surface area contributed by atoms with Gasteiger partial charge in [0.2, 0.25) is 0 Å². The van der Waals surface area contributed by atoms with Gasteiger partial charge in [0.05, 0.1) is 0 Å². The second kappa shape index (κ2) is 13.7. The van der Waals surface area contributed by atoms with E-state index in [0.29, 0.717) is 12.1 Å². The maximum absolute atomic E-state index is 4.56. The summed E-state index contributed by atoms with van der Waals surface area (Å²) in [7, 11) is 0. The molecule has 0 rings (SSSR count). The summed E-state index contributed by atoms with van der Waals surface area (Å²) in [5, 5.41) is 6.44. The van der Waals surface area contributed by atoms with E-state index in [1.807, 2.05) is 6.08 Å². The Kier molecular flexibility index (Phi) is 15.0. The van der Waals surface area contributed by atoms with E-state index in [-0.39, 0.29) is 24.0 Å². The zero-order chi connectivity index (χ0) is 14.7. The van der Waals surface area contributed by atoms with Gasteiger partial charge in [0.1, 0.15) is 0 Å². The van der Waals surface area contributed by atoms with E-state index in [4.69, 9.17) is 0 Å². The third-order valence-corrected chi connectivity index (χ3v) is 2.93. The Morgan fingerprint density at radius 2 is 1.80 bits per heavy atom. The van der Waals surface area contributed by atoms with Crippen molar-refractivity contribution in [1.29, 1.82) is 0 Å². The van der Waals surface area contributed by atoms with E-state index in [1.165, 1.54) is 0 Å². The first-order valence-electron chi connectivity index (χ1n) is 7.41. The molecule has 2 N–H and O–H groups in total. The van der Waals surface area contributed by atoms with Crippen LogP contribution in [0.15, 0.2) is 17.6 Å². The molecule has 0 aliphatic rings. The lowest BCUT2D eigenvalue weighted by atomic mass is 10.2. The smallest absolute Gasteiger partial charge is 0.191 e. The number of rotatable bonds is 9. The molecule has 4 nitrogen and oxygen atoms in total. The largest absolute Gasteiger partial charge is 0.357 e. The van der Waals surface area contributed by atoms with Crippen LogP contribution in [0, 0.1) is 0 Å². The first kappa shape index (κ1) is 22.0. The molecule has 0 spiro atoms. The van der Waals surface area contributed by atoms with Gasteiger partial charge in [-0.3, -0.25) is 9.89 Å². The van der Waals surface area contributed by atoms with Gasteiger partial charge >= 0.3 is 0 Å². The molecule has 0 saturated carbocycles. The average molecular weight is 396 g/mol. The molecule has 0 amide bonds. The average Bonchev–Trinajstić information content (AvgIpc) is 2.34. The van der Waals surface area contributed by atoms with Crippen LogP contribution in [-0.4, -0.2) is 49.1 Å². The lowest BCUT2D eigenvalue weighted by molar-refractivity contribution is 0.174. The molecule has 0 atom stereocenters. The Bertz CT molecular complexity index is 257. The minimum absolute atomic E-state index is 0. The lowest BCUT2D eigenvalue weighted by Crippen LogP contribution is -2.39. The van der Waals surface area contributed by atoms with Gasteiger partial charge in [-0.1, -0.05) is 6.08 Å².